The summed E-state index contributed by atoms with van der Waals surface area (Å²) in [5.74, 6) is 2.60. The molecule has 0 saturated heterocycles. The molecular formula is C15H24O2. The van der Waals surface area contributed by atoms with Gasteiger partial charge in [-0.05, 0) is 69.6 Å². The van der Waals surface area contributed by atoms with E-state index in [4.69, 9.17) is 4.74 Å². The first-order valence-electron chi connectivity index (χ1n) is 7.32. The standard InChI is InChI=1S/C15H24O2/c1-3-10(2)17-14(16)15-7-11-4-12(8-15)6-13(5-11)9-15/h10-13H,3-9H2,1-2H3. The van der Waals surface area contributed by atoms with E-state index >= 15 is 0 Å². The fraction of sp³-hybridized carbons (Fsp3) is 0.933. The molecule has 4 rings (SSSR count). The highest BCUT2D eigenvalue weighted by molar-refractivity contribution is 5.77. The summed E-state index contributed by atoms with van der Waals surface area (Å²) in [6.07, 6.45) is 8.53. The number of carbonyl (C=O) groups excluding carboxylic acids is 1. The van der Waals surface area contributed by atoms with Crippen LogP contribution in [0.1, 0.15) is 58.8 Å². The maximum absolute atomic E-state index is 12.4. The number of esters is 1. The monoisotopic (exact) mass is 236 g/mol. The van der Waals surface area contributed by atoms with Crippen LogP contribution in [0.15, 0.2) is 0 Å². The average Bonchev–Trinajstić information content (AvgIpc) is 2.26. The third-order valence-corrected chi connectivity index (χ3v) is 5.35. The Labute approximate surface area is 104 Å². The van der Waals surface area contributed by atoms with Gasteiger partial charge in [0.1, 0.15) is 0 Å². The van der Waals surface area contributed by atoms with E-state index in [9.17, 15) is 4.79 Å². The molecule has 1 unspecified atom stereocenters. The van der Waals surface area contributed by atoms with Crippen molar-refractivity contribution in [3.8, 4) is 0 Å². The summed E-state index contributed by atoms with van der Waals surface area (Å²) >= 11 is 0. The van der Waals surface area contributed by atoms with Crippen molar-refractivity contribution in [2.24, 2.45) is 23.2 Å². The van der Waals surface area contributed by atoms with Crippen LogP contribution in [0.25, 0.3) is 0 Å². The SMILES string of the molecule is CCC(C)OC(=O)C12CC3CC(CC(C3)C1)C2. The molecule has 0 amide bonds. The molecule has 4 fully saturated rings. The summed E-state index contributed by atoms with van der Waals surface area (Å²) in [5, 5.41) is 0. The molecule has 0 aromatic carbocycles. The lowest BCUT2D eigenvalue weighted by atomic mass is 9.49. The first kappa shape index (κ1) is 11.6. The van der Waals surface area contributed by atoms with Crippen LogP contribution in [0.5, 0.6) is 0 Å². The lowest BCUT2D eigenvalue weighted by Crippen LogP contribution is -2.51. The summed E-state index contributed by atoms with van der Waals surface area (Å²) in [6.45, 7) is 4.09. The molecule has 2 nitrogen and oxygen atoms in total. The van der Waals surface area contributed by atoms with E-state index in [2.05, 4.69) is 6.92 Å². The lowest BCUT2D eigenvalue weighted by Gasteiger charge is -2.55. The number of carbonyl (C=O) groups is 1. The number of ether oxygens (including phenoxy) is 1. The molecule has 0 N–H and O–H groups in total. The van der Waals surface area contributed by atoms with Crippen LogP contribution in [0.4, 0.5) is 0 Å². The molecule has 4 saturated carbocycles. The predicted octanol–water partition coefficient (Wildman–Crippen LogP) is 3.54. The Morgan fingerprint density at radius 2 is 1.65 bits per heavy atom. The maximum atomic E-state index is 12.4. The van der Waals surface area contributed by atoms with Crippen LogP contribution in [-0.4, -0.2) is 12.1 Å². The Hall–Kier alpha value is -0.530. The zero-order valence-electron chi connectivity index (χ0n) is 11.1. The van der Waals surface area contributed by atoms with Gasteiger partial charge in [0, 0.05) is 0 Å². The third-order valence-electron chi connectivity index (χ3n) is 5.35. The van der Waals surface area contributed by atoms with E-state index in [0.29, 0.717) is 0 Å². The van der Waals surface area contributed by atoms with Gasteiger partial charge in [0.2, 0.25) is 0 Å². The summed E-state index contributed by atoms with van der Waals surface area (Å²) in [7, 11) is 0. The molecule has 0 radical (unpaired) electrons. The topological polar surface area (TPSA) is 26.3 Å². The normalized spacial score (nSPS) is 44.7. The number of rotatable bonds is 3. The second-order valence-electron chi connectivity index (χ2n) is 6.82. The van der Waals surface area contributed by atoms with Crippen LogP contribution in [0.3, 0.4) is 0 Å². The van der Waals surface area contributed by atoms with Crippen LogP contribution >= 0.6 is 0 Å². The molecule has 0 aromatic rings. The van der Waals surface area contributed by atoms with E-state index in [1.165, 1.54) is 19.3 Å². The van der Waals surface area contributed by atoms with Gasteiger partial charge in [-0.1, -0.05) is 6.92 Å². The molecule has 0 aromatic heterocycles. The predicted molar refractivity (Wildman–Crippen MR) is 66.5 cm³/mol. The van der Waals surface area contributed by atoms with E-state index < -0.39 is 0 Å². The molecule has 4 aliphatic rings. The summed E-state index contributed by atoms with van der Waals surface area (Å²) in [5.41, 5.74) is -0.0713. The molecule has 1 atom stereocenters. The van der Waals surface area contributed by atoms with E-state index in [-0.39, 0.29) is 17.5 Å². The Balaban J connectivity index is 1.75. The van der Waals surface area contributed by atoms with Crippen molar-refractivity contribution in [2.45, 2.75) is 64.9 Å². The van der Waals surface area contributed by atoms with E-state index in [1.54, 1.807) is 0 Å². The molecule has 2 heteroatoms. The zero-order valence-corrected chi connectivity index (χ0v) is 11.1. The minimum Gasteiger partial charge on any atom is -0.462 e. The first-order valence-corrected chi connectivity index (χ1v) is 7.32. The fourth-order valence-corrected chi connectivity index (χ4v) is 4.75. The van der Waals surface area contributed by atoms with Gasteiger partial charge in [-0.2, -0.15) is 0 Å². The number of hydrogen-bond acceptors (Lipinski definition) is 2. The Kier molecular flexibility index (Phi) is 2.72. The van der Waals surface area contributed by atoms with Crippen molar-refractivity contribution >= 4 is 5.97 Å². The Morgan fingerprint density at radius 3 is 2.06 bits per heavy atom. The van der Waals surface area contributed by atoms with Crippen molar-refractivity contribution in [2.75, 3.05) is 0 Å². The molecule has 96 valence electrons. The van der Waals surface area contributed by atoms with Gasteiger partial charge in [-0.15, -0.1) is 0 Å². The van der Waals surface area contributed by atoms with Crippen LogP contribution in [0, 0.1) is 23.2 Å². The minimum atomic E-state index is -0.0713. The van der Waals surface area contributed by atoms with Gasteiger partial charge in [0.05, 0.1) is 11.5 Å². The summed E-state index contributed by atoms with van der Waals surface area (Å²) in [6, 6.07) is 0. The van der Waals surface area contributed by atoms with E-state index in [0.717, 1.165) is 43.4 Å². The molecule has 0 aliphatic heterocycles. The molecule has 4 bridgehead atoms. The van der Waals surface area contributed by atoms with Crippen LogP contribution in [0.2, 0.25) is 0 Å². The van der Waals surface area contributed by atoms with Crippen LogP contribution in [-0.2, 0) is 9.53 Å². The fourth-order valence-electron chi connectivity index (χ4n) is 4.75. The lowest BCUT2D eigenvalue weighted by molar-refractivity contribution is -0.176. The average molecular weight is 236 g/mol. The highest BCUT2D eigenvalue weighted by Gasteiger charge is 2.55. The number of hydrogen-bond donors (Lipinski definition) is 0. The second kappa shape index (κ2) is 4.00. The Morgan fingerprint density at radius 1 is 1.18 bits per heavy atom. The smallest absolute Gasteiger partial charge is 0.312 e. The second-order valence-corrected chi connectivity index (χ2v) is 6.82. The summed E-state index contributed by atoms with van der Waals surface area (Å²) < 4.78 is 5.65. The zero-order chi connectivity index (χ0) is 12.0. The van der Waals surface area contributed by atoms with Crippen molar-refractivity contribution in [1.29, 1.82) is 0 Å². The van der Waals surface area contributed by atoms with Gasteiger partial charge in [-0.25, -0.2) is 0 Å². The quantitative estimate of drug-likeness (QED) is 0.700. The van der Waals surface area contributed by atoms with Crippen LogP contribution < -0.4 is 0 Å². The van der Waals surface area contributed by atoms with Gasteiger partial charge in [0.25, 0.3) is 0 Å². The van der Waals surface area contributed by atoms with Crippen molar-refractivity contribution in [3.05, 3.63) is 0 Å². The molecule has 4 aliphatic carbocycles. The highest BCUT2D eigenvalue weighted by atomic mass is 16.5. The largest absolute Gasteiger partial charge is 0.462 e. The van der Waals surface area contributed by atoms with Gasteiger partial charge in [0.15, 0.2) is 0 Å². The van der Waals surface area contributed by atoms with Crippen molar-refractivity contribution in [1.82, 2.24) is 0 Å². The minimum absolute atomic E-state index is 0.0713. The van der Waals surface area contributed by atoms with Gasteiger partial charge in [-0.3, -0.25) is 4.79 Å². The molecule has 17 heavy (non-hydrogen) atoms. The van der Waals surface area contributed by atoms with Gasteiger partial charge >= 0.3 is 5.97 Å². The van der Waals surface area contributed by atoms with Gasteiger partial charge < -0.3 is 4.74 Å². The Bertz CT molecular complexity index is 286. The molecule has 0 heterocycles. The van der Waals surface area contributed by atoms with Crippen molar-refractivity contribution < 1.29 is 9.53 Å². The van der Waals surface area contributed by atoms with E-state index in [1.807, 2.05) is 6.92 Å². The third kappa shape index (κ3) is 1.90. The maximum Gasteiger partial charge on any atom is 0.312 e. The molecular weight excluding hydrogens is 212 g/mol. The first-order chi connectivity index (χ1) is 8.11. The highest BCUT2D eigenvalue weighted by Crippen LogP contribution is 2.60. The van der Waals surface area contributed by atoms with Crippen molar-refractivity contribution in [3.63, 3.8) is 0 Å². The molecule has 0 spiro atoms. The summed E-state index contributed by atoms with van der Waals surface area (Å²) in [4.78, 5) is 12.4.